The van der Waals surface area contributed by atoms with Gasteiger partial charge in [0.1, 0.15) is 11.5 Å². The highest BCUT2D eigenvalue weighted by molar-refractivity contribution is 5.93. The standard InChI is InChI=1S/C18H25N5O3/c1-23(2)9-5-8-19-17(24)13-11-20-18(21-12-13)22-15-10-14(25-3)6-7-16(15)26-4/h6-7,10-12H,5,8-9H2,1-4H3,(H,19,24)(H,20,21,22). The minimum absolute atomic E-state index is 0.186. The second-order valence-electron chi connectivity index (χ2n) is 5.90. The fourth-order valence-electron chi connectivity index (χ4n) is 2.24. The Kier molecular flexibility index (Phi) is 7.16. The van der Waals surface area contributed by atoms with E-state index in [1.807, 2.05) is 14.1 Å². The number of benzene rings is 1. The summed E-state index contributed by atoms with van der Waals surface area (Å²) < 4.78 is 10.5. The Morgan fingerprint density at radius 3 is 2.50 bits per heavy atom. The van der Waals surface area contributed by atoms with Gasteiger partial charge in [0.25, 0.3) is 5.91 Å². The first-order valence-electron chi connectivity index (χ1n) is 8.27. The molecular formula is C18H25N5O3. The van der Waals surface area contributed by atoms with Crippen LogP contribution in [-0.2, 0) is 0 Å². The van der Waals surface area contributed by atoms with Crippen LogP contribution in [0.3, 0.4) is 0 Å². The van der Waals surface area contributed by atoms with Crippen LogP contribution in [0.1, 0.15) is 16.8 Å². The Morgan fingerprint density at radius 2 is 1.88 bits per heavy atom. The summed E-state index contributed by atoms with van der Waals surface area (Å²) in [4.78, 5) is 22.5. The molecule has 26 heavy (non-hydrogen) atoms. The van der Waals surface area contributed by atoms with Gasteiger partial charge in [-0.3, -0.25) is 4.79 Å². The predicted molar refractivity (Wildman–Crippen MR) is 100 cm³/mol. The zero-order valence-corrected chi connectivity index (χ0v) is 15.6. The third kappa shape index (κ3) is 5.59. The van der Waals surface area contributed by atoms with Crippen LogP contribution >= 0.6 is 0 Å². The van der Waals surface area contributed by atoms with Gasteiger partial charge >= 0.3 is 0 Å². The molecule has 0 radical (unpaired) electrons. The molecule has 2 N–H and O–H groups in total. The molecule has 1 aromatic carbocycles. The molecule has 0 fully saturated rings. The van der Waals surface area contributed by atoms with Gasteiger partial charge in [-0.25, -0.2) is 9.97 Å². The van der Waals surface area contributed by atoms with Crippen LogP contribution in [0.25, 0.3) is 0 Å². The summed E-state index contributed by atoms with van der Waals surface area (Å²) in [6, 6.07) is 5.37. The molecule has 0 aliphatic carbocycles. The maximum Gasteiger partial charge on any atom is 0.254 e. The smallest absolute Gasteiger partial charge is 0.254 e. The zero-order chi connectivity index (χ0) is 18.9. The number of methoxy groups -OCH3 is 2. The van der Waals surface area contributed by atoms with E-state index in [2.05, 4.69) is 25.5 Å². The van der Waals surface area contributed by atoms with E-state index in [9.17, 15) is 4.79 Å². The largest absolute Gasteiger partial charge is 0.497 e. The lowest BCUT2D eigenvalue weighted by molar-refractivity contribution is 0.0951. The van der Waals surface area contributed by atoms with E-state index in [0.29, 0.717) is 35.2 Å². The van der Waals surface area contributed by atoms with Gasteiger partial charge < -0.3 is 25.0 Å². The van der Waals surface area contributed by atoms with Crippen LogP contribution in [0.5, 0.6) is 11.5 Å². The maximum atomic E-state index is 12.1. The molecule has 2 aromatic rings. The molecule has 1 aromatic heterocycles. The number of ether oxygens (including phenoxy) is 2. The summed E-state index contributed by atoms with van der Waals surface area (Å²) in [6.45, 7) is 1.53. The van der Waals surface area contributed by atoms with Crippen molar-refractivity contribution in [3.63, 3.8) is 0 Å². The van der Waals surface area contributed by atoms with Crippen molar-refractivity contribution < 1.29 is 14.3 Å². The predicted octanol–water partition coefficient (Wildman–Crippen LogP) is 1.92. The third-order valence-corrected chi connectivity index (χ3v) is 3.63. The minimum atomic E-state index is -0.186. The van der Waals surface area contributed by atoms with Crippen LogP contribution in [0, 0.1) is 0 Å². The zero-order valence-electron chi connectivity index (χ0n) is 15.6. The molecular weight excluding hydrogens is 334 g/mol. The van der Waals surface area contributed by atoms with E-state index in [0.717, 1.165) is 13.0 Å². The Bertz CT molecular complexity index is 719. The number of amides is 1. The van der Waals surface area contributed by atoms with Crippen molar-refractivity contribution in [2.24, 2.45) is 0 Å². The first-order valence-corrected chi connectivity index (χ1v) is 8.27. The molecule has 8 nitrogen and oxygen atoms in total. The van der Waals surface area contributed by atoms with Gasteiger partial charge in [0, 0.05) is 25.0 Å². The number of nitrogens with one attached hydrogen (secondary N) is 2. The number of rotatable bonds is 9. The minimum Gasteiger partial charge on any atom is -0.497 e. The maximum absolute atomic E-state index is 12.1. The molecule has 0 aliphatic heterocycles. The van der Waals surface area contributed by atoms with E-state index in [1.54, 1.807) is 32.4 Å². The summed E-state index contributed by atoms with van der Waals surface area (Å²) in [5, 5.41) is 5.92. The molecule has 0 spiro atoms. The fraction of sp³-hybridized carbons (Fsp3) is 0.389. The van der Waals surface area contributed by atoms with Gasteiger partial charge in [-0.15, -0.1) is 0 Å². The second kappa shape index (κ2) is 9.57. The fourth-order valence-corrected chi connectivity index (χ4v) is 2.24. The van der Waals surface area contributed by atoms with Gasteiger partial charge in [-0.1, -0.05) is 0 Å². The topological polar surface area (TPSA) is 88.6 Å². The first-order chi connectivity index (χ1) is 12.5. The summed E-state index contributed by atoms with van der Waals surface area (Å²) in [7, 11) is 7.17. The van der Waals surface area contributed by atoms with Crippen molar-refractivity contribution in [3.05, 3.63) is 36.2 Å². The van der Waals surface area contributed by atoms with E-state index < -0.39 is 0 Å². The van der Waals surface area contributed by atoms with Crippen LogP contribution < -0.4 is 20.1 Å². The molecule has 8 heteroatoms. The number of anilines is 2. The SMILES string of the molecule is COc1ccc(OC)c(Nc2ncc(C(=O)NCCCN(C)C)cn2)c1. The van der Waals surface area contributed by atoms with Crippen LogP contribution in [0.4, 0.5) is 11.6 Å². The normalized spacial score (nSPS) is 10.5. The highest BCUT2D eigenvalue weighted by Crippen LogP contribution is 2.30. The Balaban J connectivity index is 1.98. The van der Waals surface area contributed by atoms with Gasteiger partial charge in [-0.05, 0) is 39.2 Å². The van der Waals surface area contributed by atoms with Crippen molar-refractivity contribution in [2.45, 2.75) is 6.42 Å². The number of hydrogen-bond donors (Lipinski definition) is 2. The summed E-state index contributed by atoms with van der Waals surface area (Å²) in [5.74, 6) is 1.49. The average molecular weight is 359 g/mol. The summed E-state index contributed by atoms with van der Waals surface area (Å²) in [6.07, 6.45) is 3.86. The Morgan fingerprint density at radius 1 is 1.15 bits per heavy atom. The monoisotopic (exact) mass is 359 g/mol. The number of nitrogens with zero attached hydrogens (tertiary/aromatic N) is 3. The van der Waals surface area contributed by atoms with Gasteiger partial charge in [0.15, 0.2) is 0 Å². The quantitative estimate of drug-likeness (QED) is 0.661. The highest BCUT2D eigenvalue weighted by atomic mass is 16.5. The number of hydrogen-bond acceptors (Lipinski definition) is 7. The third-order valence-electron chi connectivity index (χ3n) is 3.63. The van der Waals surface area contributed by atoms with Gasteiger partial charge in [0.05, 0.1) is 25.5 Å². The van der Waals surface area contributed by atoms with Crippen molar-refractivity contribution in [1.29, 1.82) is 0 Å². The summed E-state index contributed by atoms with van der Waals surface area (Å²) in [5.41, 5.74) is 1.09. The van der Waals surface area contributed by atoms with E-state index in [4.69, 9.17) is 9.47 Å². The molecule has 2 rings (SSSR count). The van der Waals surface area contributed by atoms with Crippen molar-refractivity contribution in [3.8, 4) is 11.5 Å². The van der Waals surface area contributed by atoms with Crippen LogP contribution in [-0.4, -0.2) is 62.2 Å². The number of carbonyl (C=O) groups is 1. The van der Waals surface area contributed by atoms with Gasteiger partial charge in [-0.2, -0.15) is 0 Å². The van der Waals surface area contributed by atoms with Crippen molar-refractivity contribution in [2.75, 3.05) is 46.7 Å². The molecule has 1 heterocycles. The van der Waals surface area contributed by atoms with E-state index >= 15 is 0 Å². The molecule has 0 aliphatic rings. The highest BCUT2D eigenvalue weighted by Gasteiger charge is 2.09. The molecule has 0 saturated carbocycles. The van der Waals surface area contributed by atoms with Crippen molar-refractivity contribution in [1.82, 2.24) is 20.2 Å². The number of aromatic nitrogens is 2. The van der Waals surface area contributed by atoms with E-state index in [-0.39, 0.29) is 5.91 Å². The first kappa shape index (κ1) is 19.5. The molecule has 0 saturated heterocycles. The van der Waals surface area contributed by atoms with Crippen LogP contribution in [0.15, 0.2) is 30.6 Å². The molecule has 0 bridgehead atoms. The lowest BCUT2D eigenvalue weighted by atomic mass is 10.2. The lowest BCUT2D eigenvalue weighted by Crippen LogP contribution is -2.27. The van der Waals surface area contributed by atoms with Crippen molar-refractivity contribution >= 4 is 17.5 Å². The number of carbonyl (C=O) groups excluding carboxylic acids is 1. The average Bonchev–Trinajstić information content (AvgIpc) is 2.65. The molecule has 0 unspecified atom stereocenters. The Hall–Kier alpha value is -2.87. The second-order valence-corrected chi connectivity index (χ2v) is 5.90. The van der Waals surface area contributed by atoms with Gasteiger partial charge in [0.2, 0.25) is 5.95 Å². The lowest BCUT2D eigenvalue weighted by Gasteiger charge is -2.12. The molecule has 140 valence electrons. The van der Waals surface area contributed by atoms with Crippen LogP contribution in [0.2, 0.25) is 0 Å². The van der Waals surface area contributed by atoms with E-state index in [1.165, 1.54) is 12.4 Å². The molecule has 1 amide bonds. The molecule has 0 atom stereocenters. The Labute approximate surface area is 153 Å². The summed E-state index contributed by atoms with van der Waals surface area (Å²) >= 11 is 0.